The number of hydrogen-bond donors (Lipinski definition) is 1. The van der Waals surface area contributed by atoms with Crippen LogP contribution in [-0.4, -0.2) is 17.1 Å². The number of aromatic nitrogens is 2. The van der Waals surface area contributed by atoms with E-state index in [1.54, 1.807) is 13.3 Å². The molecule has 2 aromatic rings. The Labute approximate surface area is 111 Å². The van der Waals surface area contributed by atoms with E-state index in [-0.39, 0.29) is 0 Å². The van der Waals surface area contributed by atoms with Crippen LogP contribution < -0.4 is 10.1 Å². The Hall–Kier alpha value is -1.81. The average molecular weight is 264 g/mol. The predicted molar refractivity (Wildman–Crippen MR) is 72.1 cm³/mol. The van der Waals surface area contributed by atoms with Gasteiger partial charge in [0.25, 0.3) is 0 Å². The number of benzene rings is 1. The van der Waals surface area contributed by atoms with Gasteiger partial charge in [-0.2, -0.15) is 0 Å². The Balaban J connectivity index is 2.04. The van der Waals surface area contributed by atoms with Crippen molar-refractivity contribution in [2.24, 2.45) is 0 Å². The van der Waals surface area contributed by atoms with Gasteiger partial charge in [0.1, 0.15) is 11.6 Å². The quantitative estimate of drug-likeness (QED) is 0.921. The summed E-state index contributed by atoms with van der Waals surface area (Å²) in [4.78, 5) is 8.37. The third-order valence-corrected chi connectivity index (χ3v) is 2.75. The lowest BCUT2D eigenvalue weighted by atomic mass is 10.3. The summed E-state index contributed by atoms with van der Waals surface area (Å²) in [7, 11) is 1.60. The van der Waals surface area contributed by atoms with Gasteiger partial charge in [-0.05, 0) is 31.2 Å². The van der Waals surface area contributed by atoms with Crippen molar-refractivity contribution in [3.8, 4) is 5.75 Å². The summed E-state index contributed by atoms with van der Waals surface area (Å²) in [5, 5.41) is 3.83. The summed E-state index contributed by atoms with van der Waals surface area (Å²) < 4.78 is 5.10. The molecule has 1 heterocycles. The molecule has 5 heteroatoms. The molecule has 0 fully saturated rings. The predicted octanol–water partition coefficient (Wildman–Crippen LogP) is 3.06. The van der Waals surface area contributed by atoms with Gasteiger partial charge >= 0.3 is 0 Å². The molecule has 0 bridgehead atoms. The lowest BCUT2D eigenvalue weighted by Gasteiger charge is -2.08. The second-order valence-electron chi connectivity index (χ2n) is 3.80. The van der Waals surface area contributed by atoms with Gasteiger partial charge in [0.2, 0.25) is 0 Å². The molecule has 0 saturated carbocycles. The van der Waals surface area contributed by atoms with Crippen LogP contribution in [0, 0.1) is 6.92 Å². The third kappa shape index (κ3) is 3.11. The normalized spacial score (nSPS) is 10.2. The number of nitrogens with one attached hydrogen (secondary N) is 1. The maximum Gasteiger partial charge on any atom is 0.137 e. The molecule has 0 amide bonds. The monoisotopic (exact) mass is 263 g/mol. The van der Waals surface area contributed by atoms with E-state index >= 15 is 0 Å². The fourth-order valence-corrected chi connectivity index (χ4v) is 1.83. The molecule has 0 saturated heterocycles. The van der Waals surface area contributed by atoms with Gasteiger partial charge in [-0.1, -0.05) is 11.6 Å². The first kappa shape index (κ1) is 12.6. The van der Waals surface area contributed by atoms with Crippen LogP contribution in [-0.2, 0) is 6.54 Å². The average Bonchev–Trinajstić information content (AvgIpc) is 2.37. The molecule has 0 radical (unpaired) electrons. The standard InChI is InChI=1S/C13H14ClN3O/c1-9-15-6-5-11(17-9)8-16-10-3-4-13(18-2)12(14)7-10/h3-7,16H,8H2,1-2H3. The zero-order valence-corrected chi connectivity index (χ0v) is 11.0. The van der Waals surface area contributed by atoms with Crippen LogP contribution in [0.1, 0.15) is 11.5 Å². The van der Waals surface area contributed by atoms with Crippen molar-refractivity contribution in [3.63, 3.8) is 0 Å². The van der Waals surface area contributed by atoms with Crippen LogP contribution in [0.3, 0.4) is 0 Å². The van der Waals surface area contributed by atoms with E-state index in [4.69, 9.17) is 16.3 Å². The Morgan fingerprint density at radius 1 is 1.33 bits per heavy atom. The molecule has 18 heavy (non-hydrogen) atoms. The van der Waals surface area contributed by atoms with Crippen molar-refractivity contribution >= 4 is 17.3 Å². The minimum Gasteiger partial charge on any atom is -0.495 e. The Morgan fingerprint density at radius 3 is 2.83 bits per heavy atom. The van der Waals surface area contributed by atoms with Crippen LogP contribution in [0.25, 0.3) is 0 Å². The van der Waals surface area contributed by atoms with E-state index in [2.05, 4.69) is 15.3 Å². The first-order valence-electron chi connectivity index (χ1n) is 5.55. The summed E-state index contributed by atoms with van der Waals surface area (Å²) in [6.07, 6.45) is 1.75. The van der Waals surface area contributed by atoms with Crippen molar-refractivity contribution in [3.05, 3.63) is 47.0 Å². The minimum absolute atomic E-state index is 0.585. The van der Waals surface area contributed by atoms with E-state index in [0.717, 1.165) is 17.2 Å². The largest absolute Gasteiger partial charge is 0.495 e. The number of methoxy groups -OCH3 is 1. The molecule has 2 rings (SSSR count). The minimum atomic E-state index is 0.585. The van der Waals surface area contributed by atoms with Gasteiger partial charge in [-0.25, -0.2) is 9.97 Å². The summed E-state index contributed by atoms with van der Waals surface area (Å²) in [6, 6.07) is 7.45. The van der Waals surface area contributed by atoms with Gasteiger partial charge in [-0.15, -0.1) is 0 Å². The molecule has 0 atom stereocenters. The van der Waals surface area contributed by atoms with Crippen LogP contribution in [0.2, 0.25) is 5.02 Å². The number of ether oxygens (including phenoxy) is 1. The number of hydrogen-bond acceptors (Lipinski definition) is 4. The summed E-state index contributed by atoms with van der Waals surface area (Å²) >= 11 is 6.05. The zero-order valence-electron chi connectivity index (χ0n) is 10.3. The lowest BCUT2D eigenvalue weighted by Crippen LogP contribution is -2.03. The fraction of sp³-hybridized carbons (Fsp3) is 0.231. The van der Waals surface area contributed by atoms with Crippen LogP contribution in [0.15, 0.2) is 30.5 Å². The van der Waals surface area contributed by atoms with Crippen molar-refractivity contribution in [1.82, 2.24) is 9.97 Å². The zero-order chi connectivity index (χ0) is 13.0. The molecular formula is C13H14ClN3O. The smallest absolute Gasteiger partial charge is 0.137 e. The van der Waals surface area contributed by atoms with Gasteiger partial charge < -0.3 is 10.1 Å². The number of anilines is 1. The summed E-state index contributed by atoms with van der Waals surface area (Å²) in [6.45, 7) is 2.50. The molecule has 0 aliphatic heterocycles. The van der Waals surface area contributed by atoms with Crippen molar-refractivity contribution in [2.45, 2.75) is 13.5 Å². The molecule has 1 aromatic carbocycles. The highest BCUT2D eigenvalue weighted by Crippen LogP contribution is 2.27. The Bertz CT molecular complexity index is 546. The second kappa shape index (κ2) is 5.69. The van der Waals surface area contributed by atoms with Crippen molar-refractivity contribution < 1.29 is 4.74 Å². The highest BCUT2D eigenvalue weighted by atomic mass is 35.5. The first-order valence-corrected chi connectivity index (χ1v) is 5.93. The van der Waals surface area contributed by atoms with Crippen LogP contribution in [0.5, 0.6) is 5.75 Å². The van der Waals surface area contributed by atoms with E-state index in [1.165, 1.54) is 0 Å². The molecule has 0 spiro atoms. The summed E-state index contributed by atoms with van der Waals surface area (Å²) in [5.74, 6) is 1.43. The SMILES string of the molecule is COc1ccc(NCc2ccnc(C)n2)cc1Cl. The number of rotatable bonds is 4. The molecule has 0 unspecified atom stereocenters. The Kier molecular flexibility index (Phi) is 3.99. The van der Waals surface area contributed by atoms with Crippen LogP contribution >= 0.6 is 11.6 Å². The lowest BCUT2D eigenvalue weighted by molar-refractivity contribution is 0.415. The molecule has 1 aromatic heterocycles. The van der Waals surface area contributed by atoms with Gasteiger partial charge in [0.15, 0.2) is 0 Å². The summed E-state index contributed by atoms with van der Waals surface area (Å²) in [5.41, 5.74) is 1.87. The number of nitrogens with zero attached hydrogens (tertiary/aromatic N) is 2. The van der Waals surface area contributed by atoms with E-state index in [0.29, 0.717) is 17.3 Å². The molecule has 0 aliphatic carbocycles. The topological polar surface area (TPSA) is 47.0 Å². The van der Waals surface area contributed by atoms with Crippen molar-refractivity contribution in [2.75, 3.05) is 12.4 Å². The first-order chi connectivity index (χ1) is 8.69. The van der Waals surface area contributed by atoms with Crippen molar-refractivity contribution in [1.29, 1.82) is 0 Å². The third-order valence-electron chi connectivity index (χ3n) is 2.46. The molecule has 4 nitrogen and oxygen atoms in total. The maximum atomic E-state index is 6.05. The van der Waals surface area contributed by atoms with E-state index < -0.39 is 0 Å². The second-order valence-corrected chi connectivity index (χ2v) is 4.21. The molecule has 0 aliphatic rings. The molecule has 1 N–H and O–H groups in total. The van der Waals surface area contributed by atoms with E-state index in [9.17, 15) is 0 Å². The van der Waals surface area contributed by atoms with Gasteiger partial charge in [-0.3, -0.25) is 0 Å². The molecule has 94 valence electrons. The van der Waals surface area contributed by atoms with Gasteiger partial charge in [0.05, 0.1) is 24.4 Å². The molecular weight excluding hydrogens is 250 g/mol. The highest BCUT2D eigenvalue weighted by Gasteiger charge is 2.02. The number of aryl methyl sites for hydroxylation is 1. The number of halogens is 1. The Morgan fingerprint density at radius 2 is 2.17 bits per heavy atom. The van der Waals surface area contributed by atoms with Crippen LogP contribution in [0.4, 0.5) is 5.69 Å². The van der Waals surface area contributed by atoms with Gasteiger partial charge in [0, 0.05) is 11.9 Å². The van der Waals surface area contributed by atoms with E-state index in [1.807, 2.05) is 31.2 Å². The maximum absolute atomic E-state index is 6.05. The highest BCUT2D eigenvalue weighted by molar-refractivity contribution is 6.32. The fourth-order valence-electron chi connectivity index (χ4n) is 1.57.